The molecule has 0 radical (unpaired) electrons. The average molecular weight is 323 g/mol. The summed E-state index contributed by atoms with van der Waals surface area (Å²) in [6, 6.07) is 2.15. The highest BCUT2D eigenvalue weighted by atomic mass is 79.9. The van der Waals surface area contributed by atoms with Crippen LogP contribution in [0.5, 0.6) is 0 Å². The highest BCUT2D eigenvalue weighted by Gasteiger charge is 2.28. The standard InChI is InChI=1S/C11H13BrClNOS/c12-8-4-5-16-10(8)11(15)14-9-3-1-2-7(9)6-13/h4-5,7,9H,1-3,6H2,(H,14,15). The fraction of sp³-hybridized carbons (Fsp3) is 0.545. The topological polar surface area (TPSA) is 29.1 Å². The van der Waals surface area contributed by atoms with Crippen molar-refractivity contribution >= 4 is 44.8 Å². The summed E-state index contributed by atoms with van der Waals surface area (Å²) in [7, 11) is 0. The molecule has 0 saturated heterocycles. The summed E-state index contributed by atoms with van der Waals surface area (Å²) < 4.78 is 0.871. The van der Waals surface area contributed by atoms with Crippen molar-refractivity contribution in [2.45, 2.75) is 25.3 Å². The Morgan fingerprint density at radius 1 is 1.62 bits per heavy atom. The van der Waals surface area contributed by atoms with Crippen LogP contribution in [0.15, 0.2) is 15.9 Å². The Hall–Kier alpha value is -0.0600. The lowest BCUT2D eigenvalue weighted by atomic mass is 10.1. The van der Waals surface area contributed by atoms with E-state index in [1.54, 1.807) is 0 Å². The minimum Gasteiger partial charge on any atom is -0.348 e. The molecule has 1 heterocycles. The van der Waals surface area contributed by atoms with Gasteiger partial charge in [-0.2, -0.15) is 0 Å². The van der Waals surface area contributed by atoms with Gasteiger partial charge in [-0.3, -0.25) is 4.79 Å². The first-order valence-corrected chi connectivity index (χ1v) is 7.53. The zero-order valence-electron chi connectivity index (χ0n) is 8.71. The largest absolute Gasteiger partial charge is 0.348 e. The number of amides is 1. The highest BCUT2D eigenvalue weighted by Crippen LogP contribution is 2.28. The maximum atomic E-state index is 12.0. The van der Waals surface area contributed by atoms with Gasteiger partial charge in [0.15, 0.2) is 0 Å². The van der Waals surface area contributed by atoms with Crippen LogP contribution in [0.1, 0.15) is 28.9 Å². The third-order valence-corrected chi connectivity index (χ3v) is 5.23. The number of hydrogen-bond acceptors (Lipinski definition) is 2. The van der Waals surface area contributed by atoms with E-state index in [2.05, 4.69) is 21.2 Å². The molecule has 1 aromatic heterocycles. The molecule has 1 fully saturated rings. The Labute approximate surface area is 113 Å². The Morgan fingerprint density at radius 2 is 2.44 bits per heavy atom. The summed E-state index contributed by atoms with van der Waals surface area (Å²) in [6.45, 7) is 0. The summed E-state index contributed by atoms with van der Waals surface area (Å²) >= 11 is 10.7. The van der Waals surface area contributed by atoms with Crippen LogP contribution in [-0.2, 0) is 0 Å². The SMILES string of the molecule is O=C(NC1CCCC1CCl)c1sccc1Br. The zero-order valence-corrected chi connectivity index (χ0v) is 11.9. The molecule has 0 aliphatic heterocycles. The minimum atomic E-state index is 0.0175. The number of carbonyl (C=O) groups excluding carboxylic acids is 1. The van der Waals surface area contributed by atoms with Crippen LogP contribution in [0.25, 0.3) is 0 Å². The Balaban J connectivity index is 2.00. The van der Waals surface area contributed by atoms with Gasteiger partial charge in [-0.1, -0.05) is 6.42 Å². The van der Waals surface area contributed by atoms with Crippen LogP contribution in [0, 0.1) is 5.92 Å². The Bertz CT molecular complexity index is 382. The molecule has 2 unspecified atom stereocenters. The van der Waals surface area contributed by atoms with Crippen molar-refractivity contribution in [2.24, 2.45) is 5.92 Å². The molecule has 1 aliphatic carbocycles. The smallest absolute Gasteiger partial charge is 0.262 e. The average Bonchev–Trinajstić information content (AvgIpc) is 2.86. The molecular formula is C11H13BrClNOS. The second-order valence-corrected chi connectivity index (χ2v) is 6.10. The van der Waals surface area contributed by atoms with Gasteiger partial charge in [0.2, 0.25) is 0 Å². The molecule has 5 heteroatoms. The summed E-state index contributed by atoms with van der Waals surface area (Å²) in [6.07, 6.45) is 3.33. The van der Waals surface area contributed by atoms with Crippen LogP contribution >= 0.6 is 38.9 Å². The van der Waals surface area contributed by atoms with Gasteiger partial charge in [0.1, 0.15) is 4.88 Å². The molecular weight excluding hydrogens is 310 g/mol. The number of halogens is 2. The van der Waals surface area contributed by atoms with E-state index in [-0.39, 0.29) is 11.9 Å². The van der Waals surface area contributed by atoms with E-state index in [9.17, 15) is 4.79 Å². The molecule has 1 N–H and O–H groups in total. The van der Waals surface area contributed by atoms with Gasteiger partial charge in [-0.15, -0.1) is 22.9 Å². The van der Waals surface area contributed by atoms with Crippen molar-refractivity contribution in [3.8, 4) is 0 Å². The molecule has 2 rings (SSSR count). The van der Waals surface area contributed by atoms with Gasteiger partial charge >= 0.3 is 0 Å². The van der Waals surface area contributed by atoms with Gasteiger partial charge in [0, 0.05) is 16.4 Å². The van der Waals surface area contributed by atoms with Crippen LogP contribution in [0.3, 0.4) is 0 Å². The first-order valence-electron chi connectivity index (χ1n) is 5.32. The summed E-state index contributed by atoms with van der Waals surface area (Å²) in [5.74, 6) is 1.09. The second-order valence-electron chi connectivity index (χ2n) is 4.02. The third kappa shape index (κ3) is 2.60. The van der Waals surface area contributed by atoms with Crippen LogP contribution in [0.4, 0.5) is 0 Å². The fourth-order valence-electron chi connectivity index (χ4n) is 2.10. The molecule has 2 atom stereocenters. The van der Waals surface area contributed by atoms with Crippen LogP contribution in [0.2, 0.25) is 0 Å². The number of hydrogen-bond donors (Lipinski definition) is 1. The van der Waals surface area contributed by atoms with Crippen molar-refractivity contribution in [1.82, 2.24) is 5.32 Å². The van der Waals surface area contributed by atoms with Gasteiger partial charge in [0.05, 0.1) is 0 Å². The van der Waals surface area contributed by atoms with Crippen LogP contribution < -0.4 is 5.32 Å². The quantitative estimate of drug-likeness (QED) is 0.846. The van der Waals surface area contributed by atoms with E-state index in [1.807, 2.05) is 11.4 Å². The molecule has 2 nitrogen and oxygen atoms in total. The van der Waals surface area contributed by atoms with E-state index < -0.39 is 0 Å². The first kappa shape index (κ1) is 12.4. The van der Waals surface area contributed by atoms with Gasteiger partial charge < -0.3 is 5.32 Å². The van der Waals surface area contributed by atoms with E-state index in [0.29, 0.717) is 11.8 Å². The molecule has 1 saturated carbocycles. The molecule has 0 bridgehead atoms. The number of thiophene rings is 1. The molecule has 1 aromatic rings. The summed E-state index contributed by atoms with van der Waals surface area (Å²) in [5, 5.41) is 4.99. The first-order chi connectivity index (χ1) is 7.72. The van der Waals surface area contributed by atoms with E-state index in [1.165, 1.54) is 11.3 Å². The van der Waals surface area contributed by atoms with Crippen molar-refractivity contribution in [3.63, 3.8) is 0 Å². The number of carbonyl (C=O) groups is 1. The monoisotopic (exact) mass is 321 g/mol. The molecule has 1 aliphatic rings. The summed E-state index contributed by atoms with van der Waals surface area (Å²) in [5.41, 5.74) is 0. The molecule has 88 valence electrons. The van der Waals surface area contributed by atoms with Crippen LogP contribution in [-0.4, -0.2) is 17.8 Å². The highest BCUT2D eigenvalue weighted by molar-refractivity contribution is 9.10. The Kier molecular flexibility index (Phi) is 4.27. The maximum absolute atomic E-state index is 12.0. The minimum absolute atomic E-state index is 0.0175. The van der Waals surface area contributed by atoms with Crippen molar-refractivity contribution in [1.29, 1.82) is 0 Å². The van der Waals surface area contributed by atoms with Crippen molar-refractivity contribution in [2.75, 3.05) is 5.88 Å². The molecule has 16 heavy (non-hydrogen) atoms. The molecule has 0 spiro atoms. The zero-order chi connectivity index (χ0) is 11.5. The fourth-order valence-corrected chi connectivity index (χ4v) is 3.92. The van der Waals surface area contributed by atoms with Gasteiger partial charge in [-0.05, 0) is 46.1 Å². The van der Waals surface area contributed by atoms with Gasteiger partial charge in [-0.25, -0.2) is 0 Å². The summed E-state index contributed by atoms with van der Waals surface area (Å²) in [4.78, 5) is 12.7. The van der Waals surface area contributed by atoms with E-state index in [0.717, 1.165) is 28.6 Å². The van der Waals surface area contributed by atoms with E-state index >= 15 is 0 Å². The van der Waals surface area contributed by atoms with Crippen molar-refractivity contribution < 1.29 is 4.79 Å². The van der Waals surface area contributed by atoms with E-state index in [4.69, 9.17) is 11.6 Å². The Morgan fingerprint density at radius 3 is 3.06 bits per heavy atom. The third-order valence-electron chi connectivity index (χ3n) is 3.00. The number of alkyl halides is 1. The number of nitrogens with one attached hydrogen (secondary N) is 1. The van der Waals surface area contributed by atoms with Crippen molar-refractivity contribution in [3.05, 3.63) is 20.8 Å². The second kappa shape index (κ2) is 5.52. The predicted molar refractivity (Wildman–Crippen MR) is 71.3 cm³/mol. The van der Waals surface area contributed by atoms with Gasteiger partial charge in [0.25, 0.3) is 5.91 Å². The predicted octanol–water partition coefficient (Wildman–Crippen LogP) is 3.65. The molecule has 0 aromatic carbocycles. The lowest BCUT2D eigenvalue weighted by Crippen LogP contribution is -2.37. The maximum Gasteiger partial charge on any atom is 0.262 e. The molecule has 1 amide bonds. The lowest BCUT2D eigenvalue weighted by Gasteiger charge is -2.18. The normalized spacial score (nSPS) is 24.6. The lowest BCUT2D eigenvalue weighted by molar-refractivity contribution is 0.0933. The number of rotatable bonds is 3.